The Morgan fingerprint density at radius 3 is 2.37 bits per heavy atom. The van der Waals surface area contributed by atoms with Crippen LogP contribution in [0.5, 0.6) is 0 Å². The maximum atomic E-state index is 12.6. The number of hydrogen-bond donors (Lipinski definition) is 0. The monoisotopic (exact) mass is 280 g/mol. The number of benzene rings is 1. The van der Waals surface area contributed by atoms with Crippen molar-refractivity contribution in [3.05, 3.63) is 35.9 Å². The summed E-state index contributed by atoms with van der Waals surface area (Å²) in [7, 11) is 1.52. The van der Waals surface area contributed by atoms with Gasteiger partial charge >= 0.3 is 6.03 Å². The molecule has 0 bridgehead atoms. The predicted octanol–water partition coefficient (Wildman–Crippen LogP) is 2.42. The molecule has 1 aliphatic rings. The van der Waals surface area contributed by atoms with Crippen LogP contribution in [0.25, 0.3) is 0 Å². The summed E-state index contributed by atoms with van der Waals surface area (Å²) in [4.78, 5) is 27.6. The predicted molar refractivity (Wildman–Crippen MR) is 74.0 cm³/mol. The summed E-state index contributed by atoms with van der Waals surface area (Å²) < 4.78 is 0. The lowest BCUT2D eigenvalue weighted by atomic mass is 9.85. The van der Waals surface area contributed by atoms with Crippen LogP contribution in [-0.4, -0.2) is 41.2 Å². The number of hydrogen-bond acceptors (Lipinski definition) is 2. The zero-order chi connectivity index (χ0) is 14.0. The summed E-state index contributed by atoms with van der Waals surface area (Å²) in [6, 6.07) is 9.13. The SMILES string of the molecule is CCC1(c2ccccc2)C(=O)N(C)C(=O)N1CCCl. The number of amides is 3. The molecule has 102 valence electrons. The van der Waals surface area contributed by atoms with Crippen molar-refractivity contribution in [1.29, 1.82) is 0 Å². The number of likely N-dealkylation sites (N-methyl/N-ethyl adjacent to an activating group) is 1. The lowest BCUT2D eigenvalue weighted by Gasteiger charge is -2.34. The molecule has 1 unspecified atom stereocenters. The molecular weight excluding hydrogens is 264 g/mol. The number of imide groups is 1. The Balaban J connectivity index is 2.58. The maximum absolute atomic E-state index is 12.6. The molecule has 1 atom stereocenters. The molecule has 1 heterocycles. The maximum Gasteiger partial charge on any atom is 0.327 e. The number of urea groups is 1. The minimum absolute atomic E-state index is 0.184. The van der Waals surface area contributed by atoms with Crippen molar-refractivity contribution in [2.45, 2.75) is 18.9 Å². The first-order valence-electron chi connectivity index (χ1n) is 6.30. The van der Waals surface area contributed by atoms with Crippen LogP contribution < -0.4 is 0 Å². The Morgan fingerprint density at radius 2 is 1.84 bits per heavy atom. The van der Waals surface area contributed by atoms with E-state index in [2.05, 4.69) is 0 Å². The van der Waals surface area contributed by atoms with Gasteiger partial charge in [0.05, 0.1) is 0 Å². The third kappa shape index (κ3) is 1.91. The van der Waals surface area contributed by atoms with Gasteiger partial charge < -0.3 is 4.90 Å². The molecule has 3 amide bonds. The van der Waals surface area contributed by atoms with E-state index in [0.29, 0.717) is 18.8 Å². The molecule has 1 fully saturated rings. The van der Waals surface area contributed by atoms with E-state index < -0.39 is 5.54 Å². The minimum Gasteiger partial charge on any atom is -0.304 e. The molecule has 0 aromatic heterocycles. The second-order valence-electron chi connectivity index (χ2n) is 4.57. The van der Waals surface area contributed by atoms with E-state index in [0.717, 1.165) is 5.56 Å². The van der Waals surface area contributed by atoms with Gasteiger partial charge in [-0.3, -0.25) is 9.69 Å². The van der Waals surface area contributed by atoms with Crippen molar-refractivity contribution in [2.75, 3.05) is 19.5 Å². The van der Waals surface area contributed by atoms with Crippen molar-refractivity contribution < 1.29 is 9.59 Å². The van der Waals surface area contributed by atoms with Crippen LogP contribution in [0, 0.1) is 0 Å². The Bertz CT molecular complexity index is 491. The first-order valence-corrected chi connectivity index (χ1v) is 6.84. The second kappa shape index (κ2) is 5.21. The average Bonchev–Trinajstić information content (AvgIpc) is 2.63. The summed E-state index contributed by atoms with van der Waals surface area (Å²) in [6.45, 7) is 2.28. The van der Waals surface area contributed by atoms with Gasteiger partial charge in [-0.2, -0.15) is 0 Å². The smallest absolute Gasteiger partial charge is 0.304 e. The van der Waals surface area contributed by atoms with E-state index in [1.807, 2.05) is 37.3 Å². The average molecular weight is 281 g/mol. The molecule has 4 nitrogen and oxygen atoms in total. The highest BCUT2D eigenvalue weighted by Crippen LogP contribution is 2.39. The van der Waals surface area contributed by atoms with Crippen LogP contribution in [0.4, 0.5) is 4.79 Å². The zero-order valence-corrected chi connectivity index (χ0v) is 11.9. The number of nitrogens with zero attached hydrogens (tertiary/aromatic N) is 2. The van der Waals surface area contributed by atoms with Crippen LogP contribution in [0.1, 0.15) is 18.9 Å². The van der Waals surface area contributed by atoms with Gasteiger partial charge in [-0.1, -0.05) is 37.3 Å². The number of alkyl halides is 1. The van der Waals surface area contributed by atoms with E-state index in [-0.39, 0.29) is 11.9 Å². The Hall–Kier alpha value is -1.55. The van der Waals surface area contributed by atoms with Gasteiger partial charge in [0.25, 0.3) is 5.91 Å². The normalized spacial score (nSPS) is 23.3. The van der Waals surface area contributed by atoms with E-state index in [4.69, 9.17) is 11.6 Å². The molecule has 1 aliphatic heterocycles. The molecule has 5 heteroatoms. The van der Waals surface area contributed by atoms with E-state index in [9.17, 15) is 9.59 Å². The first-order chi connectivity index (χ1) is 9.09. The summed E-state index contributed by atoms with van der Waals surface area (Å²) in [5, 5.41) is 0. The van der Waals surface area contributed by atoms with Crippen LogP contribution in [-0.2, 0) is 10.3 Å². The quantitative estimate of drug-likeness (QED) is 0.628. The standard InChI is InChI=1S/C14H17ClN2O2/c1-3-14(11-7-5-4-6-8-11)12(18)16(2)13(19)17(14)10-9-15/h4-8H,3,9-10H2,1-2H3. The molecule has 0 aliphatic carbocycles. The topological polar surface area (TPSA) is 40.6 Å². The van der Waals surface area contributed by atoms with Gasteiger partial charge in [0.1, 0.15) is 5.54 Å². The molecule has 0 spiro atoms. The zero-order valence-electron chi connectivity index (χ0n) is 11.1. The fourth-order valence-electron chi connectivity index (χ4n) is 2.73. The van der Waals surface area contributed by atoms with Gasteiger partial charge in [0, 0.05) is 19.5 Å². The van der Waals surface area contributed by atoms with Crippen molar-refractivity contribution >= 4 is 23.5 Å². The molecule has 0 N–H and O–H groups in total. The highest BCUT2D eigenvalue weighted by molar-refractivity contribution is 6.18. The number of halogens is 1. The van der Waals surface area contributed by atoms with Crippen LogP contribution in [0.2, 0.25) is 0 Å². The van der Waals surface area contributed by atoms with Gasteiger partial charge in [0.2, 0.25) is 0 Å². The largest absolute Gasteiger partial charge is 0.327 e. The number of carbonyl (C=O) groups is 2. The highest BCUT2D eigenvalue weighted by atomic mass is 35.5. The van der Waals surface area contributed by atoms with Crippen LogP contribution in [0.15, 0.2) is 30.3 Å². The fraction of sp³-hybridized carbons (Fsp3) is 0.429. The molecular formula is C14H17ClN2O2. The van der Waals surface area contributed by atoms with Gasteiger partial charge in [0.15, 0.2) is 0 Å². The molecule has 1 aromatic carbocycles. The van der Waals surface area contributed by atoms with E-state index >= 15 is 0 Å². The van der Waals surface area contributed by atoms with Crippen molar-refractivity contribution in [2.24, 2.45) is 0 Å². The fourth-order valence-corrected chi connectivity index (χ4v) is 2.90. The highest BCUT2D eigenvalue weighted by Gasteiger charge is 2.55. The third-order valence-electron chi connectivity index (χ3n) is 3.71. The summed E-state index contributed by atoms with van der Waals surface area (Å²) in [5.74, 6) is 0.123. The Morgan fingerprint density at radius 1 is 1.21 bits per heavy atom. The van der Waals surface area contributed by atoms with Crippen molar-refractivity contribution in [3.63, 3.8) is 0 Å². The number of carbonyl (C=O) groups excluding carboxylic acids is 2. The molecule has 0 radical (unpaired) electrons. The van der Waals surface area contributed by atoms with Crippen LogP contribution >= 0.6 is 11.6 Å². The Kier molecular flexibility index (Phi) is 3.80. The first kappa shape index (κ1) is 13.9. The van der Waals surface area contributed by atoms with E-state index in [1.54, 1.807) is 4.90 Å². The lowest BCUT2D eigenvalue weighted by Crippen LogP contribution is -2.47. The van der Waals surface area contributed by atoms with Crippen molar-refractivity contribution in [3.8, 4) is 0 Å². The van der Waals surface area contributed by atoms with Gasteiger partial charge in [-0.15, -0.1) is 11.6 Å². The lowest BCUT2D eigenvalue weighted by molar-refractivity contribution is -0.133. The summed E-state index contributed by atoms with van der Waals surface area (Å²) in [5.41, 5.74) is -0.0764. The van der Waals surface area contributed by atoms with Crippen LogP contribution in [0.3, 0.4) is 0 Å². The molecule has 19 heavy (non-hydrogen) atoms. The molecule has 0 saturated carbocycles. The molecule has 2 rings (SSSR count). The molecule has 1 aromatic rings. The molecule has 1 saturated heterocycles. The Labute approximate surface area is 117 Å². The summed E-state index contributed by atoms with van der Waals surface area (Å²) >= 11 is 5.79. The second-order valence-corrected chi connectivity index (χ2v) is 4.95. The van der Waals surface area contributed by atoms with Crippen molar-refractivity contribution in [1.82, 2.24) is 9.80 Å². The third-order valence-corrected chi connectivity index (χ3v) is 3.88. The van der Waals surface area contributed by atoms with Gasteiger partial charge in [-0.05, 0) is 12.0 Å². The van der Waals surface area contributed by atoms with E-state index in [1.165, 1.54) is 11.9 Å². The number of rotatable bonds is 4. The minimum atomic E-state index is -0.915. The van der Waals surface area contributed by atoms with Gasteiger partial charge in [-0.25, -0.2) is 4.79 Å². The summed E-state index contributed by atoms with van der Waals surface area (Å²) in [6.07, 6.45) is 0.531.